The van der Waals surface area contributed by atoms with Crippen LogP contribution in [0.4, 0.5) is 5.69 Å². The van der Waals surface area contributed by atoms with Crippen molar-refractivity contribution in [2.75, 3.05) is 5.32 Å². The summed E-state index contributed by atoms with van der Waals surface area (Å²) in [6.07, 6.45) is 1.58. The van der Waals surface area contributed by atoms with E-state index >= 15 is 0 Å². The van der Waals surface area contributed by atoms with Crippen molar-refractivity contribution in [3.05, 3.63) is 65.9 Å². The first-order valence-corrected chi connectivity index (χ1v) is 6.69. The van der Waals surface area contributed by atoms with Crippen LogP contribution in [0.3, 0.4) is 0 Å². The number of aromatic hydroxyl groups is 1. The molecule has 0 heterocycles. The van der Waals surface area contributed by atoms with Gasteiger partial charge in [0.05, 0.1) is 0 Å². The molecule has 3 N–H and O–H groups in total. The fourth-order valence-electron chi connectivity index (χ4n) is 1.85. The maximum Gasteiger partial charge on any atom is 0.272 e. The number of nitrogens with one attached hydrogen (secondary N) is 2. The lowest BCUT2D eigenvalue weighted by Gasteiger charge is -2.10. The van der Waals surface area contributed by atoms with E-state index in [-0.39, 0.29) is 17.4 Å². The van der Waals surface area contributed by atoms with Gasteiger partial charge in [-0.2, -0.15) is 0 Å². The van der Waals surface area contributed by atoms with Gasteiger partial charge in [-0.05, 0) is 23.8 Å². The number of carbonyl (C=O) groups is 2. The average molecular weight is 296 g/mol. The molecular formula is C17H16N2O3. The van der Waals surface area contributed by atoms with Crippen LogP contribution in [0.25, 0.3) is 6.08 Å². The van der Waals surface area contributed by atoms with E-state index in [2.05, 4.69) is 10.6 Å². The fourth-order valence-corrected chi connectivity index (χ4v) is 1.85. The Morgan fingerprint density at radius 2 is 1.77 bits per heavy atom. The Bertz CT molecular complexity index is 709. The lowest BCUT2D eigenvalue weighted by atomic mass is 10.2. The number of phenolic OH excluding ortho intramolecular Hbond substituents is 1. The Balaban J connectivity index is 2.23. The SMILES string of the molecule is CC(=O)N/C(=C\c1ccccc1)C(=O)Nc1cccc(O)c1. The maximum absolute atomic E-state index is 12.3. The molecular weight excluding hydrogens is 280 g/mol. The van der Waals surface area contributed by atoms with Crippen molar-refractivity contribution in [2.45, 2.75) is 6.92 Å². The van der Waals surface area contributed by atoms with E-state index in [0.717, 1.165) is 5.56 Å². The summed E-state index contributed by atoms with van der Waals surface area (Å²) in [5.41, 5.74) is 1.36. The molecule has 112 valence electrons. The third kappa shape index (κ3) is 4.49. The van der Waals surface area contributed by atoms with Gasteiger partial charge in [-0.15, -0.1) is 0 Å². The predicted molar refractivity (Wildman–Crippen MR) is 85.0 cm³/mol. The van der Waals surface area contributed by atoms with Crippen molar-refractivity contribution in [1.29, 1.82) is 0 Å². The van der Waals surface area contributed by atoms with E-state index < -0.39 is 5.91 Å². The number of carbonyl (C=O) groups excluding carboxylic acids is 2. The Morgan fingerprint density at radius 1 is 1.05 bits per heavy atom. The van der Waals surface area contributed by atoms with Crippen LogP contribution >= 0.6 is 0 Å². The van der Waals surface area contributed by atoms with Crippen LogP contribution in [-0.4, -0.2) is 16.9 Å². The molecule has 2 rings (SSSR count). The van der Waals surface area contributed by atoms with Gasteiger partial charge in [-0.3, -0.25) is 9.59 Å². The molecule has 0 aliphatic rings. The molecule has 5 nitrogen and oxygen atoms in total. The first-order chi connectivity index (χ1) is 10.5. The van der Waals surface area contributed by atoms with E-state index in [4.69, 9.17) is 0 Å². The van der Waals surface area contributed by atoms with Crippen LogP contribution in [0, 0.1) is 0 Å². The van der Waals surface area contributed by atoms with Crippen molar-refractivity contribution in [3.8, 4) is 5.75 Å². The molecule has 2 amide bonds. The van der Waals surface area contributed by atoms with Crippen molar-refractivity contribution in [2.24, 2.45) is 0 Å². The summed E-state index contributed by atoms with van der Waals surface area (Å²) < 4.78 is 0. The van der Waals surface area contributed by atoms with Crippen LogP contribution in [0.2, 0.25) is 0 Å². The number of rotatable bonds is 4. The minimum Gasteiger partial charge on any atom is -0.508 e. The van der Waals surface area contributed by atoms with Gasteiger partial charge in [0.1, 0.15) is 11.4 Å². The van der Waals surface area contributed by atoms with Crippen molar-refractivity contribution >= 4 is 23.6 Å². The van der Waals surface area contributed by atoms with Crippen LogP contribution in [0.15, 0.2) is 60.3 Å². The van der Waals surface area contributed by atoms with E-state index in [1.54, 1.807) is 18.2 Å². The van der Waals surface area contributed by atoms with Crippen molar-refractivity contribution in [3.63, 3.8) is 0 Å². The second-order valence-electron chi connectivity index (χ2n) is 4.65. The van der Waals surface area contributed by atoms with Gasteiger partial charge >= 0.3 is 0 Å². The molecule has 0 radical (unpaired) electrons. The predicted octanol–water partition coefficient (Wildman–Crippen LogP) is 2.51. The molecule has 0 aromatic heterocycles. The molecule has 0 spiro atoms. The molecule has 0 atom stereocenters. The van der Waals surface area contributed by atoms with Gasteiger partial charge in [0, 0.05) is 18.7 Å². The summed E-state index contributed by atoms with van der Waals surface area (Å²) in [7, 11) is 0. The van der Waals surface area contributed by atoms with Crippen molar-refractivity contribution in [1.82, 2.24) is 5.32 Å². The molecule has 0 saturated heterocycles. The van der Waals surface area contributed by atoms with E-state index in [9.17, 15) is 14.7 Å². The molecule has 2 aromatic rings. The lowest BCUT2D eigenvalue weighted by Crippen LogP contribution is -2.28. The van der Waals surface area contributed by atoms with E-state index in [0.29, 0.717) is 5.69 Å². The minimum atomic E-state index is -0.468. The highest BCUT2D eigenvalue weighted by Crippen LogP contribution is 2.16. The smallest absolute Gasteiger partial charge is 0.272 e. The van der Waals surface area contributed by atoms with Gasteiger partial charge in [0.2, 0.25) is 5.91 Å². The Hall–Kier alpha value is -3.08. The monoisotopic (exact) mass is 296 g/mol. The van der Waals surface area contributed by atoms with Gasteiger partial charge in [-0.1, -0.05) is 36.4 Å². The summed E-state index contributed by atoms with van der Waals surface area (Å²) in [5, 5.41) is 14.5. The number of hydrogen-bond donors (Lipinski definition) is 3. The van der Waals surface area contributed by atoms with Gasteiger partial charge in [0.15, 0.2) is 0 Å². The molecule has 0 aliphatic heterocycles. The van der Waals surface area contributed by atoms with Crippen LogP contribution in [0.5, 0.6) is 5.75 Å². The molecule has 0 saturated carbocycles. The third-order valence-electron chi connectivity index (χ3n) is 2.77. The summed E-state index contributed by atoms with van der Waals surface area (Å²) in [5.74, 6) is -0.760. The molecule has 2 aromatic carbocycles. The number of phenols is 1. The second-order valence-corrected chi connectivity index (χ2v) is 4.65. The lowest BCUT2D eigenvalue weighted by molar-refractivity contribution is -0.120. The molecule has 0 bridgehead atoms. The Labute approximate surface area is 128 Å². The van der Waals surface area contributed by atoms with Gasteiger partial charge in [0.25, 0.3) is 5.91 Å². The van der Waals surface area contributed by atoms with Crippen LogP contribution in [-0.2, 0) is 9.59 Å². The highest BCUT2D eigenvalue weighted by Gasteiger charge is 2.11. The third-order valence-corrected chi connectivity index (χ3v) is 2.77. The second kappa shape index (κ2) is 7.08. The molecule has 0 fully saturated rings. The van der Waals surface area contributed by atoms with E-state index in [1.165, 1.54) is 19.1 Å². The normalized spacial score (nSPS) is 10.9. The van der Waals surface area contributed by atoms with Crippen LogP contribution in [0.1, 0.15) is 12.5 Å². The highest BCUT2D eigenvalue weighted by molar-refractivity contribution is 6.08. The molecule has 5 heteroatoms. The quantitative estimate of drug-likeness (QED) is 0.759. The molecule has 0 aliphatic carbocycles. The number of anilines is 1. The van der Waals surface area contributed by atoms with Crippen LogP contribution < -0.4 is 10.6 Å². The van der Waals surface area contributed by atoms with Gasteiger partial charge in [-0.25, -0.2) is 0 Å². The summed E-state index contributed by atoms with van der Waals surface area (Å²) in [4.78, 5) is 23.6. The molecule has 22 heavy (non-hydrogen) atoms. The zero-order valence-corrected chi connectivity index (χ0v) is 12.0. The number of benzene rings is 2. The standard InChI is InChI=1S/C17H16N2O3/c1-12(20)18-16(10-13-6-3-2-4-7-13)17(22)19-14-8-5-9-15(21)11-14/h2-11,21H,1H3,(H,18,20)(H,19,22)/b16-10-. The Morgan fingerprint density at radius 3 is 2.41 bits per heavy atom. The summed E-state index contributed by atoms with van der Waals surface area (Å²) >= 11 is 0. The first-order valence-electron chi connectivity index (χ1n) is 6.69. The average Bonchev–Trinajstić information content (AvgIpc) is 2.47. The maximum atomic E-state index is 12.3. The summed E-state index contributed by atoms with van der Waals surface area (Å²) in [6, 6.07) is 15.4. The molecule has 0 unspecified atom stereocenters. The van der Waals surface area contributed by atoms with Crippen molar-refractivity contribution < 1.29 is 14.7 Å². The fraction of sp³-hybridized carbons (Fsp3) is 0.0588. The largest absolute Gasteiger partial charge is 0.508 e. The zero-order chi connectivity index (χ0) is 15.9. The first kappa shape index (κ1) is 15.3. The topological polar surface area (TPSA) is 78.4 Å². The Kier molecular flexibility index (Phi) is 4.93. The highest BCUT2D eigenvalue weighted by atomic mass is 16.3. The zero-order valence-electron chi connectivity index (χ0n) is 12.0. The summed E-state index contributed by atoms with van der Waals surface area (Å²) in [6.45, 7) is 1.33. The minimum absolute atomic E-state index is 0.0471. The number of amides is 2. The van der Waals surface area contributed by atoms with E-state index in [1.807, 2.05) is 30.3 Å². The number of hydrogen-bond acceptors (Lipinski definition) is 3. The van der Waals surface area contributed by atoms with Gasteiger partial charge < -0.3 is 15.7 Å².